The molecule has 0 unspecified atom stereocenters. The molecule has 0 radical (unpaired) electrons. The van der Waals surface area contributed by atoms with E-state index >= 15 is 0 Å². The summed E-state index contributed by atoms with van der Waals surface area (Å²) in [6.45, 7) is 15.9. The Morgan fingerprint density at radius 1 is 0.941 bits per heavy atom. The molecule has 0 spiro atoms. The van der Waals surface area contributed by atoms with E-state index in [0.717, 1.165) is 19.3 Å². The topological polar surface area (TPSA) is 18.5 Å². The summed E-state index contributed by atoms with van der Waals surface area (Å²) in [6.07, 6.45) is 8.60. The van der Waals surface area contributed by atoms with Crippen LogP contribution < -0.4 is 0 Å². The quantitative estimate of drug-likeness (QED) is 0.381. The van der Waals surface area contributed by atoms with Crippen LogP contribution in [0, 0.1) is 5.41 Å². The normalized spacial score (nSPS) is 11.1. The molecule has 0 saturated carbocycles. The molecule has 0 aliphatic rings. The third-order valence-corrected chi connectivity index (χ3v) is 2.65. The molecule has 17 heavy (non-hydrogen) atoms. The Labute approximate surface area is 106 Å². The van der Waals surface area contributed by atoms with Crippen LogP contribution in [0.3, 0.4) is 0 Å². The van der Waals surface area contributed by atoms with E-state index in [-0.39, 0.29) is 5.41 Å². The lowest BCUT2D eigenvalue weighted by Gasteiger charge is -2.32. The molecule has 2 nitrogen and oxygen atoms in total. The standard InChI is InChI=1S/C15H26O2/c1-5-9-15(10-6-2,13-16-11-7-3)14-17-12-8-4/h5,7-8H,1,3-4,6,9-14H2,2H3. The van der Waals surface area contributed by atoms with E-state index in [2.05, 4.69) is 26.7 Å². The number of rotatable bonds is 12. The van der Waals surface area contributed by atoms with Crippen molar-refractivity contribution >= 4 is 0 Å². The van der Waals surface area contributed by atoms with Crippen molar-refractivity contribution < 1.29 is 9.47 Å². The minimum Gasteiger partial charge on any atom is -0.377 e. The summed E-state index contributed by atoms with van der Waals surface area (Å²) in [5.74, 6) is 0. The first-order chi connectivity index (χ1) is 8.24. The fourth-order valence-electron chi connectivity index (χ4n) is 1.96. The van der Waals surface area contributed by atoms with Gasteiger partial charge in [-0.15, -0.1) is 19.7 Å². The molecule has 0 aliphatic carbocycles. The van der Waals surface area contributed by atoms with Crippen molar-refractivity contribution in [2.75, 3.05) is 26.4 Å². The molecule has 0 atom stereocenters. The maximum absolute atomic E-state index is 5.61. The van der Waals surface area contributed by atoms with Crippen LogP contribution in [0.4, 0.5) is 0 Å². The third-order valence-electron chi connectivity index (χ3n) is 2.65. The van der Waals surface area contributed by atoms with Crippen LogP contribution in [0.15, 0.2) is 38.0 Å². The van der Waals surface area contributed by atoms with Crippen molar-refractivity contribution in [3.05, 3.63) is 38.0 Å². The second-order valence-corrected chi connectivity index (χ2v) is 4.35. The first-order valence-corrected chi connectivity index (χ1v) is 6.23. The molecule has 2 heteroatoms. The molecule has 98 valence electrons. The molecule has 0 aromatic carbocycles. The highest BCUT2D eigenvalue weighted by Crippen LogP contribution is 2.30. The fraction of sp³-hybridized carbons (Fsp3) is 0.600. The molecule has 0 aliphatic heterocycles. The Morgan fingerprint density at radius 2 is 1.47 bits per heavy atom. The van der Waals surface area contributed by atoms with Crippen molar-refractivity contribution in [2.45, 2.75) is 26.2 Å². The van der Waals surface area contributed by atoms with Gasteiger partial charge in [0, 0.05) is 5.41 Å². The van der Waals surface area contributed by atoms with E-state index in [0.29, 0.717) is 26.4 Å². The van der Waals surface area contributed by atoms with Gasteiger partial charge in [-0.1, -0.05) is 31.6 Å². The average molecular weight is 238 g/mol. The van der Waals surface area contributed by atoms with Gasteiger partial charge in [-0.05, 0) is 12.8 Å². The van der Waals surface area contributed by atoms with Crippen molar-refractivity contribution in [2.24, 2.45) is 5.41 Å². The lowest BCUT2D eigenvalue weighted by Crippen LogP contribution is -2.32. The van der Waals surface area contributed by atoms with Crippen molar-refractivity contribution in [3.63, 3.8) is 0 Å². The zero-order chi connectivity index (χ0) is 13.0. The van der Waals surface area contributed by atoms with Gasteiger partial charge in [-0.2, -0.15) is 0 Å². The van der Waals surface area contributed by atoms with Gasteiger partial charge in [0.05, 0.1) is 26.4 Å². The van der Waals surface area contributed by atoms with Gasteiger partial charge in [0.2, 0.25) is 0 Å². The second-order valence-electron chi connectivity index (χ2n) is 4.35. The Hall–Kier alpha value is -0.860. The predicted octanol–water partition coefficient (Wildman–Crippen LogP) is 3.75. The summed E-state index contributed by atoms with van der Waals surface area (Å²) < 4.78 is 11.2. The SMILES string of the molecule is C=CCOCC(CC=C)(CCC)COCC=C. The molecule has 0 N–H and O–H groups in total. The van der Waals surface area contributed by atoms with E-state index in [1.807, 2.05) is 6.08 Å². The average Bonchev–Trinajstić information content (AvgIpc) is 2.30. The van der Waals surface area contributed by atoms with Gasteiger partial charge in [0.15, 0.2) is 0 Å². The van der Waals surface area contributed by atoms with Gasteiger partial charge >= 0.3 is 0 Å². The Kier molecular flexibility index (Phi) is 9.78. The van der Waals surface area contributed by atoms with Crippen LogP contribution in [0.25, 0.3) is 0 Å². The van der Waals surface area contributed by atoms with E-state index in [1.54, 1.807) is 12.2 Å². The summed E-state index contributed by atoms with van der Waals surface area (Å²) in [4.78, 5) is 0. The highest BCUT2D eigenvalue weighted by atomic mass is 16.5. The Morgan fingerprint density at radius 3 is 1.82 bits per heavy atom. The summed E-state index contributed by atoms with van der Waals surface area (Å²) in [5, 5.41) is 0. The minimum atomic E-state index is 0.0442. The summed E-state index contributed by atoms with van der Waals surface area (Å²) in [5.41, 5.74) is 0.0442. The monoisotopic (exact) mass is 238 g/mol. The van der Waals surface area contributed by atoms with E-state index in [9.17, 15) is 0 Å². The van der Waals surface area contributed by atoms with E-state index < -0.39 is 0 Å². The molecule has 0 heterocycles. The van der Waals surface area contributed by atoms with Gasteiger partial charge < -0.3 is 9.47 Å². The highest BCUT2D eigenvalue weighted by Gasteiger charge is 2.28. The van der Waals surface area contributed by atoms with Crippen molar-refractivity contribution in [1.29, 1.82) is 0 Å². The van der Waals surface area contributed by atoms with Crippen molar-refractivity contribution in [1.82, 2.24) is 0 Å². The number of allylic oxidation sites excluding steroid dienone is 1. The molecule has 0 amide bonds. The maximum Gasteiger partial charge on any atom is 0.0645 e. The van der Waals surface area contributed by atoms with Crippen LogP contribution in [0.1, 0.15) is 26.2 Å². The minimum absolute atomic E-state index is 0.0442. The van der Waals surface area contributed by atoms with Crippen LogP contribution in [-0.4, -0.2) is 26.4 Å². The van der Waals surface area contributed by atoms with Gasteiger partial charge in [-0.3, -0.25) is 0 Å². The lowest BCUT2D eigenvalue weighted by molar-refractivity contribution is -0.0129. The van der Waals surface area contributed by atoms with Gasteiger partial charge in [0.25, 0.3) is 0 Å². The Balaban J connectivity index is 4.39. The summed E-state index contributed by atoms with van der Waals surface area (Å²) >= 11 is 0. The summed E-state index contributed by atoms with van der Waals surface area (Å²) in [7, 11) is 0. The third kappa shape index (κ3) is 7.14. The molecule has 0 aromatic rings. The number of hydrogen-bond acceptors (Lipinski definition) is 2. The van der Waals surface area contributed by atoms with Crippen LogP contribution in [0.2, 0.25) is 0 Å². The molecule has 0 rings (SSSR count). The molecule has 0 bridgehead atoms. The lowest BCUT2D eigenvalue weighted by atomic mass is 9.81. The van der Waals surface area contributed by atoms with E-state index in [1.165, 1.54) is 0 Å². The first-order valence-electron chi connectivity index (χ1n) is 6.23. The van der Waals surface area contributed by atoms with Gasteiger partial charge in [0.1, 0.15) is 0 Å². The zero-order valence-corrected chi connectivity index (χ0v) is 11.1. The Bertz CT molecular complexity index is 207. The molecular weight excluding hydrogens is 212 g/mol. The van der Waals surface area contributed by atoms with Crippen LogP contribution in [-0.2, 0) is 9.47 Å². The number of hydrogen-bond donors (Lipinski definition) is 0. The highest BCUT2D eigenvalue weighted by molar-refractivity contribution is 4.87. The largest absolute Gasteiger partial charge is 0.377 e. The van der Waals surface area contributed by atoms with E-state index in [4.69, 9.17) is 9.47 Å². The molecule has 0 fully saturated rings. The van der Waals surface area contributed by atoms with Crippen molar-refractivity contribution in [3.8, 4) is 0 Å². The second kappa shape index (κ2) is 10.3. The molecular formula is C15H26O2. The maximum atomic E-state index is 5.61. The zero-order valence-electron chi connectivity index (χ0n) is 11.1. The smallest absolute Gasteiger partial charge is 0.0645 e. The summed E-state index contributed by atoms with van der Waals surface area (Å²) in [6, 6.07) is 0. The van der Waals surface area contributed by atoms with Gasteiger partial charge in [-0.25, -0.2) is 0 Å². The predicted molar refractivity (Wildman–Crippen MR) is 74.2 cm³/mol. The van der Waals surface area contributed by atoms with Crippen LogP contribution in [0.5, 0.6) is 0 Å². The van der Waals surface area contributed by atoms with Crippen LogP contribution >= 0.6 is 0 Å². The molecule has 0 saturated heterocycles. The first kappa shape index (κ1) is 16.1. The molecule has 0 aromatic heterocycles. The number of ether oxygens (including phenoxy) is 2. The fourth-order valence-corrected chi connectivity index (χ4v) is 1.96.